The van der Waals surface area contributed by atoms with Gasteiger partial charge in [0, 0.05) is 17.8 Å². The smallest absolute Gasteiger partial charge is 0.228 e. The molecule has 0 spiro atoms. The van der Waals surface area contributed by atoms with Gasteiger partial charge in [-0.25, -0.2) is 0 Å². The maximum atomic E-state index is 12.0. The number of nitrogens with one attached hydrogen (secondary N) is 1. The van der Waals surface area contributed by atoms with Gasteiger partial charge in [-0.05, 0) is 29.3 Å². The lowest BCUT2D eigenvalue weighted by atomic mass is 10.0. The van der Waals surface area contributed by atoms with Crippen LogP contribution in [0.1, 0.15) is 16.7 Å². The topological polar surface area (TPSA) is 55.1 Å². The first-order valence-electron chi connectivity index (χ1n) is 6.36. The Morgan fingerprint density at radius 3 is 2.60 bits per heavy atom. The molecule has 2 rings (SSSR count). The minimum Gasteiger partial charge on any atom is -0.326 e. The van der Waals surface area contributed by atoms with Crippen LogP contribution in [0.3, 0.4) is 0 Å². The van der Waals surface area contributed by atoms with Crippen LogP contribution in [0.2, 0.25) is 0 Å². The number of carbonyl (C=O) groups excluding carboxylic acids is 1. The summed E-state index contributed by atoms with van der Waals surface area (Å²) in [7, 11) is 0. The lowest BCUT2D eigenvalue weighted by Gasteiger charge is -2.09. The van der Waals surface area contributed by atoms with Gasteiger partial charge in [0.2, 0.25) is 5.91 Å². The average Bonchev–Trinajstić information content (AvgIpc) is 2.48. The van der Waals surface area contributed by atoms with E-state index in [1.807, 2.05) is 42.5 Å². The second-order valence-electron chi connectivity index (χ2n) is 4.42. The molecule has 0 bridgehead atoms. The Morgan fingerprint density at radius 1 is 1.15 bits per heavy atom. The van der Waals surface area contributed by atoms with Crippen molar-refractivity contribution in [3.8, 4) is 12.3 Å². The third-order valence-electron chi connectivity index (χ3n) is 3.00. The van der Waals surface area contributed by atoms with Crippen molar-refractivity contribution in [2.24, 2.45) is 5.73 Å². The number of benzene rings is 2. The largest absolute Gasteiger partial charge is 0.326 e. The van der Waals surface area contributed by atoms with Crippen molar-refractivity contribution in [1.29, 1.82) is 0 Å². The lowest BCUT2D eigenvalue weighted by molar-refractivity contribution is -0.115. The third kappa shape index (κ3) is 3.47. The molecule has 0 radical (unpaired) electrons. The van der Waals surface area contributed by atoms with Crippen LogP contribution in [-0.4, -0.2) is 5.91 Å². The average molecular weight is 264 g/mol. The number of amides is 1. The fourth-order valence-electron chi connectivity index (χ4n) is 1.99. The summed E-state index contributed by atoms with van der Waals surface area (Å²) in [5.74, 6) is 2.46. The van der Waals surface area contributed by atoms with E-state index in [2.05, 4.69) is 11.2 Å². The zero-order valence-corrected chi connectivity index (χ0v) is 11.1. The van der Waals surface area contributed by atoms with Gasteiger partial charge in [0.15, 0.2) is 0 Å². The normalized spacial score (nSPS) is 9.80. The summed E-state index contributed by atoms with van der Waals surface area (Å²) in [5.41, 5.74) is 9.04. The summed E-state index contributed by atoms with van der Waals surface area (Å²) < 4.78 is 0. The first kappa shape index (κ1) is 13.9. The zero-order valence-electron chi connectivity index (χ0n) is 11.1. The van der Waals surface area contributed by atoms with Gasteiger partial charge < -0.3 is 11.1 Å². The molecule has 3 N–H and O–H groups in total. The van der Waals surface area contributed by atoms with Crippen molar-refractivity contribution in [1.82, 2.24) is 0 Å². The molecule has 0 saturated heterocycles. The first-order valence-corrected chi connectivity index (χ1v) is 6.36. The number of nitrogens with two attached hydrogens (primary N) is 1. The molecule has 3 heteroatoms. The molecule has 3 nitrogen and oxygen atoms in total. The maximum absolute atomic E-state index is 12.0. The Balaban J connectivity index is 2.07. The summed E-state index contributed by atoms with van der Waals surface area (Å²) in [6.45, 7) is 0.427. The minimum atomic E-state index is -0.0833. The van der Waals surface area contributed by atoms with Crippen LogP contribution in [0.25, 0.3) is 0 Å². The van der Waals surface area contributed by atoms with E-state index in [0.29, 0.717) is 18.7 Å². The maximum Gasteiger partial charge on any atom is 0.228 e. The molecule has 0 atom stereocenters. The molecule has 0 aliphatic heterocycles. The molecule has 20 heavy (non-hydrogen) atoms. The highest BCUT2D eigenvalue weighted by molar-refractivity contribution is 5.92. The minimum absolute atomic E-state index is 0.0833. The fraction of sp³-hybridized carbons (Fsp3) is 0.118. The van der Waals surface area contributed by atoms with E-state index in [1.54, 1.807) is 6.07 Å². The molecule has 0 aliphatic rings. The van der Waals surface area contributed by atoms with Gasteiger partial charge in [-0.2, -0.15) is 0 Å². The van der Waals surface area contributed by atoms with E-state index in [1.165, 1.54) is 0 Å². The second kappa shape index (κ2) is 6.55. The van der Waals surface area contributed by atoms with E-state index in [4.69, 9.17) is 12.2 Å². The summed E-state index contributed by atoms with van der Waals surface area (Å²) in [4.78, 5) is 12.0. The molecule has 0 aliphatic carbocycles. The van der Waals surface area contributed by atoms with Crippen LogP contribution in [0.4, 0.5) is 5.69 Å². The number of hydrogen-bond donors (Lipinski definition) is 2. The summed E-state index contributed by atoms with van der Waals surface area (Å²) >= 11 is 0. The standard InChI is InChI=1S/C17H16N2O/c1-2-13-6-5-9-16(10-13)19-17(20)11-14-7-3-4-8-15(14)12-18/h1,3-10H,11-12,18H2,(H,19,20). The van der Waals surface area contributed by atoms with Crippen molar-refractivity contribution < 1.29 is 4.79 Å². The molecule has 2 aromatic rings. The predicted octanol–water partition coefficient (Wildman–Crippen LogP) is 2.31. The van der Waals surface area contributed by atoms with Crippen LogP contribution in [0, 0.1) is 12.3 Å². The SMILES string of the molecule is C#Cc1cccc(NC(=O)Cc2ccccc2CN)c1. The van der Waals surface area contributed by atoms with Gasteiger partial charge in [0.25, 0.3) is 0 Å². The Morgan fingerprint density at radius 2 is 1.90 bits per heavy atom. The number of terminal acetylenes is 1. The Bertz CT molecular complexity index is 656. The first-order chi connectivity index (χ1) is 9.72. The number of hydrogen-bond acceptors (Lipinski definition) is 2. The quantitative estimate of drug-likeness (QED) is 0.833. The number of carbonyl (C=O) groups is 1. The molecule has 1 amide bonds. The molecular weight excluding hydrogens is 248 g/mol. The molecular formula is C17H16N2O. The van der Waals surface area contributed by atoms with Crippen LogP contribution in [0.15, 0.2) is 48.5 Å². The van der Waals surface area contributed by atoms with Gasteiger partial charge >= 0.3 is 0 Å². The fourth-order valence-corrected chi connectivity index (χ4v) is 1.99. The number of rotatable bonds is 4. The number of anilines is 1. The second-order valence-corrected chi connectivity index (χ2v) is 4.42. The van der Waals surface area contributed by atoms with Gasteiger partial charge in [0.1, 0.15) is 0 Å². The highest BCUT2D eigenvalue weighted by Gasteiger charge is 2.07. The van der Waals surface area contributed by atoms with Crippen molar-refractivity contribution in [2.45, 2.75) is 13.0 Å². The van der Waals surface area contributed by atoms with E-state index in [-0.39, 0.29) is 5.91 Å². The molecule has 100 valence electrons. The van der Waals surface area contributed by atoms with E-state index in [0.717, 1.165) is 16.7 Å². The van der Waals surface area contributed by atoms with Gasteiger partial charge in [0.05, 0.1) is 6.42 Å². The van der Waals surface area contributed by atoms with Crippen molar-refractivity contribution in [3.63, 3.8) is 0 Å². The highest BCUT2D eigenvalue weighted by Crippen LogP contribution is 2.12. The predicted molar refractivity (Wildman–Crippen MR) is 81.0 cm³/mol. The third-order valence-corrected chi connectivity index (χ3v) is 3.00. The van der Waals surface area contributed by atoms with E-state index < -0.39 is 0 Å². The highest BCUT2D eigenvalue weighted by atomic mass is 16.1. The molecule has 0 unspecified atom stereocenters. The van der Waals surface area contributed by atoms with Crippen molar-refractivity contribution in [2.75, 3.05) is 5.32 Å². The summed E-state index contributed by atoms with van der Waals surface area (Å²) in [5, 5.41) is 2.84. The Kier molecular flexibility index (Phi) is 4.54. The van der Waals surface area contributed by atoms with Crippen LogP contribution in [-0.2, 0) is 17.8 Å². The summed E-state index contributed by atoms with van der Waals surface area (Å²) in [6.07, 6.45) is 5.63. The zero-order chi connectivity index (χ0) is 14.4. The van der Waals surface area contributed by atoms with E-state index in [9.17, 15) is 4.79 Å². The van der Waals surface area contributed by atoms with Crippen molar-refractivity contribution >= 4 is 11.6 Å². The van der Waals surface area contributed by atoms with Gasteiger partial charge in [-0.15, -0.1) is 6.42 Å². The molecule has 0 saturated carbocycles. The Labute approximate surface area is 118 Å². The lowest BCUT2D eigenvalue weighted by Crippen LogP contribution is -2.16. The van der Waals surface area contributed by atoms with Crippen LogP contribution in [0.5, 0.6) is 0 Å². The molecule has 2 aromatic carbocycles. The molecule has 0 aromatic heterocycles. The monoisotopic (exact) mass is 264 g/mol. The van der Waals surface area contributed by atoms with Crippen LogP contribution >= 0.6 is 0 Å². The molecule has 0 heterocycles. The van der Waals surface area contributed by atoms with Gasteiger partial charge in [-0.1, -0.05) is 36.3 Å². The van der Waals surface area contributed by atoms with Crippen molar-refractivity contribution in [3.05, 3.63) is 65.2 Å². The van der Waals surface area contributed by atoms with Gasteiger partial charge in [-0.3, -0.25) is 4.79 Å². The Hall–Kier alpha value is -2.57. The van der Waals surface area contributed by atoms with Crippen LogP contribution < -0.4 is 11.1 Å². The summed E-state index contributed by atoms with van der Waals surface area (Å²) in [6, 6.07) is 14.9. The van der Waals surface area contributed by atoms with E-state index >= 15 is 0 Å². The molecule has 0 fully saturated rings.